The Hall–Kier alpha value is -2.03. The maximum atomic E-state index is 12.9. The molecule has 1 aliphatic rings. The Morgan fingerprint density at radius 3 is 2.37 bits per heavy atom. The summed E-state index contributed by atoms with van der Waals surface area (Å²) in [6.45, 7) is 6.73. The van der Waals surface area contributed by atoms with Crippen LogP contribution in [0.2, 0.25) is 0 Å². The predicted octanol–water partition coefficient (Wildman–Crippen LogP) is 4.45. The molecular weight excluding hydrogens is 420 g/mol. The fourth-order valence-corrected chi connectivity index (χ4v) is 6.12. The quantitative estimate of drug-likeness (QED) is 0.634. The third-order valence-electron chi connectivity index (χ3n) is 5.36. The van der Waals surface area contributed by atoms with Gasteiger partial charge in [-0.15, -0.1) is 11.3 Å². The molecule has 162 valence electrons. The topological polar surface area (TPSA) is 83.5 Å². The van der Waals surface area contributed by atoms with Crippen LogP contribution in [-0.4, -0.2) is 37.5 Å². The fourth-order valence-electron chi connectivity index (χ4n) is 3.63. The first-order valence-electron chi connectivity index (χ1n) is 10.2. The van der Waals surface area contributed by atoms with Crippen LogP contribution < -0.4 is 5.32 Å². The van der Waals surface area contributed by atoms with Gasteiger partial charge in [0.15, 0.2) is 5.78 Å². The van der Waals surface area contributed by atoms with Gasteiger partial charge in [-0.3, -0.25) is 9.59 Å². The minimum atomic E-state index is -3.57. The number of thiophene rings is 1. The van der Waals surface area contributed by atoms with Crippen LogP contribution in [0.25, 0.3) is 0 Å². The molecule has 1 N–H and O–H groups in total. The molecule has 0 atom stereocenters. The van der Waals surface area contributed by atoms with Crippen molar-refractivity contribution in [3.63, 3.8) is 0 Å². The normalized spacial score (nSPS) is 15.2. The van der Waals surface area contributed by atoms with Crippen LogP contribution in [0.4, 0.5) is 5.69 Å². The number of sulfonamides is 1. The number of nitrogens with one attached hydrogen (secondary N) is 1. The van der Waals surface area contributed by atoms with Crippen molar-refractivity contribution in [2.75, 3.05) is 18.4 Å². The van der Waals surface area contributed by atoms with Gasteiger partial charge in [0.25, 0.3) is 0 Å². The lowest BCUT2D eigenvalue weighted by molar-refractivity contribution is -0.116. The van der Waals surface area contributed by atoms with Crippen molar-refractivity contribution >= 4 is 38.7 Å². The summed E-state index contributed by atoms with van der Waals surface area (Å²) in [5, 5.41) is 2.78. The van der Waals surface area contributed by atoms with E-state index in [0.29, 0.717) is 24.3 Å². The van der Waals surface area contributed by atoms with Gasteiger partial charge in [0, 0.05) is 46.9 Å². The Kier molecular flexibility index (Phi) is 7.10. The number of aryl methyl sites for hydroxylation is 3. The Morgan fingerprint density at radius 2 is 1.73 bits per heavy atom. The molecule has 1 aromatic carbocycles. The number of benzene rings is 1. The zero-order valence-corrected chi connectivity index (χ0v) is 19.3. The van der Waals surface area contributed by atoms with Crippen molar-refractivity contribution < 1.29 is 18.0 Å². The summed E-state index contributed by atoms with van der Waals surface area (Å²) in [4.78, 5) is 27.1. The van der Waals surface area contributed by atoms with Crippen molar-refractivity contribution in [2.24, 2.45) is 0 Å². The molecule has 2 aromatic rings. The second-order valence-corrected chi connectivity index (χ2v) is 11.1. The molecule has 0 saturated carbocycles. The lowest BCUT2D eigenvalue weighted by atomic mass is 10.1. The molecule has 3 rings (SSSR count). The zero-order chi connectivity index (χ0) is 21.9. The first kappa shape index (κ1) is 22.7. The van der Waals surface area contributed by atoms with E-state index in [9.17, 15) is 18.0 Å². The minimum absolute atomic E-state index is 0.0508. The van der Waals surface area contributed by atoms with Gasteiger partial charge in [0.05, 0.1) is 4.90 Å². The van der Waals surface area contributed by atoms with E-state index in [4.69, 9.17) is 0 Å². The molecule has 1 amide bonds. The first-order chi connectivity index (χ1) is 14.2. The molecule has 0 unspecified atom stereocenters. The van der Waals surface area contributed by atoms with Gasteiger partial charge in [-0.25, -0.2) is 8.42 Å². The number of amides is 1. The zero-order valence-electron chi connectivity index (χ0n) is 17.7. The maximum Gasteiger partial charge on any atom is 0.243 e. The van der Waals surface area contributed by atoms with E-state index >= 15 is 0 Å². The van der Waals surface area contributed by atoms with Crippen molar-refractivity contribution in [3.05, 3.63) is 45.1 Å². The molecule has 6 nitrogen and oxygen atoms in total. The Bertz CT molecular complexity index is 1050. The van der Waals surface area contributed by atoms with Crippen molar-refractivity contribution in [1.29, 1.82) is 0 Å². The molecule has 1 saturated heterocycles. The molecule has 0 spiro atoms. The highest BCUT2D eigenvalue weighted by Gasteiger charge is 2.26. The standard InChI is InChI=1S/C22H28N2O4S2/c1-15-7-8-18(30(27,28)24-11-5-4-6-12-24)14-20(15)23-22(26)10-9-21(25)19-13-16(2)29-17(19)3/h7-8,13-14H,4-6,9-12H2,1-3H3,(H,23,26). The van der Waals surface area contributed by atoms with Crippen molar-refractivity contribution in [2.45, 2.75) is 57.8 Å². The van der Waals surface area contributed by atoms with Gasteiger partial charge < -0.3 is 5.32 Å². The third kappa shape index (κ3) is 5.17. The SMILES string of the molecule is Cc1cc(C(=O)CCC(=O)Nc2cc(S(=O)(=O)N3CCCCC3)ccc2C)c(C)s1. The van der Waals surface area contributed by atoms with Crippen LogP contribution in [0.3, 0.4) is 0 Å². The largest absolute Gasteiger partial charge is 0.326 e. The average Bonchev–Trinajstić information content (AvgIpc) is 3.06. The number of carbonyl (C=O) groups excluding carboxylic acids is 2. The van der Waals surface area contributed by atoms with Crippen molar-refractivity contribution in [1.82, 2.24) is 4.31 Å². The highest BCUT2D eigenvalue weighted by Crippen LogP contribution is 2.26. The second kappa shape index (κ2) is 9.41. The summed E-state index contributed by atoms with van der Waals surface area (Å²) in [7, 11) is -3.57. The summed E-state index contributed by atoms with van der Waals surface area (Å²) in [5.74, 6) is -0.353. The van der Waals surface area contributed by atoms with Gasteiger partial charge in [-0.2, -0.15) is 4.31 Å². The summed E-state index contributed by atoms with van der Waals surface area (Å²) in [5.41, 5.74) is 1.92. The summed E-state index contributed by atoms with van der Waals surface area (Å²) >= 11 is 1.57. The molecule has 2 heterocycles. The molecule has 30 heavy (non-hydrogen) atoms. The number of hydrogen-bond acceptors (Lipinski definition) is 5. The first-order valence-corrected chi connectivity index (χ1v) is 12.4. The van der Waals surface area contributed by atoms with Gasteiger partial charge in [-0.1, -0.05) is 12.5 Å². The second-order valence-electron chi connectivity index (χ2n) is 7.74. The number of Topliss-reactive ketones (excluding diaryl/α,β-unsaturated/α-hetero) is 1. The summed E-state index contributed by atoms with van der Waals surface area (Å²) in [6.07, 6.45) is 2.95. The monoisotopic (exact) mass is 448 g/mol. The van der Waals surface area contributed by atoms with Crippen molar-refractivity contribution in [3.8, 4) is 0 Å². The number of rotatable bonds is 7. The van der Waals surface area contributed by atoms with Gasteiger partial charge in [-0.05, 0) is 57.4 Å². The predicted molar refractivity (Wildman–Crippen MR) is 120 cm³/mol. The van der Waals surface area contributed by atoms with E-state index in [2.05, 4.69) is 5.32 Å². The number of anilines is 1. The molecule has 0 aliphatic carbocycles. The average molecular weight is 449 g/mol. The minimum Gasteiger partial charge on any atom is -0.326 e. The molecule has 1 aromatic heterocycles. The van der Waals surface area contributed by atoms with Gasteiger partial charge >= 0.3 is 0 Å². The van der Waals surface area contributed by atoms with Crippen LogP contribution >= 0.6 is 11.3 Å². The van der Waals surface area contributed by atoms with Crippen LogP contribution in [0.15, 0.2) is 29.2 Å². The lowest BCUT2D eigenvalue weighted by Crippen LogP contribution is -2.35. The Balaban J connectivity index is 1.67. The Morgan fingerprint density at radius 1 is 1.03 bits per heavy atom. The van der Waals surface area contributed by atoms with E-state index in [-0.39, 0.29) is 29.4 Å². The molecule has 1 fully saturated rings. The number of piperidine rings is 1. The highest BCUT2D eigenvalue weighted by molar-refractivity contribution is 7.89. The van der Waals surface area contributed by atoms with Crippen LogP contribution in [0, 0.1) is 20.8 Å². The molecule has 8 heteroatoms. The molecule has 0 bridgehead atoms. The van der Waals surface area contributed by atoms with Gasteiger partial charge in [0.2, 0.25) is 15.9 Å². The van der Waals surface area contributed by atoms with E-state index in [1.54, 1.807) is 23.5 Å². The van der Waals surface area contributed by atoms with E-state index in [1.165, 1.54) is 10.4 Å². The van der Waals surface area contributed by atoms with Crippen LogP contribution in [0.5, 0.6) is 0 Å². The van der Waals surface area contributed by atoms with Gasteiger partial charge in [0.1, 0.15) is 0 Å². The van der Waals surface area contributed by atoms with E-state index < -0.39 is 10.0 Å². The number of carbonyl (C=O) groups is 2. The lowest BCUT2D eigenvalue weighted by Gasteiger charge is -2.26. The fraction of sp³-hybridized carbons (Fsp3) is 0.455. The Labute approximate surface area is 182 Å². The van der Waals surface area contributed by atoms with E-state index in [1.807, 2.05) is 26.8 Å². The summed E-state index contributed by atoms with van der Waals surface area (Å²) in [6, 6.07) is 6.67. The van der Waals surface area contributed by atoms with Crippen LogP contribution in [-0.2, 0) is 14.8 Å². The molecular formula is C22H28N2O4S2. The molecule has 0 radical (unpaired) electrons. The number of ketones is 1. The van der Waals surface area contributed by atoms with E-state index in [0.717, 1.165) is 34.6 Å². The highest BCUT2D eigenvalue weighted by atomic mass is 32.2. The number of nitrogens with zero attached hydrogens (tertiary/aromatic N) is 1. The third-order valence-corrected chi connectivity index (χ3v) is 8.22. The molecule has 1 aliphatic heterocycles. The summed E-state index contributed by atoms with van der Waals surface area (Å²) < 4.78 is 27.3. The number of hydrogen-bond donors (Lipinski definition) is 1. The smallest absolute Gasteiger partial charge is 0.243 e. The van der Waals surface area contributed by atoms with Crippen LogP contribution in [0.1, 0.15) is 57.8 Å². The maximum absolute atomic E-state index is 12.9.